The predicted molar refractivity (Wildman–Crippen MR) is 129 cm³/mol. The highest BCUT2D eigenvalue weighted by atomic mass is 32.1. The molecule has 0 fully saturated rings. The van der Waals surface area contributed by atoms with Gasteiger partial charge in [-0.3, -0.25) is 0 Å². The van der Waals surface area contributed by atoms with E-state index >= 15 is 0 Å². The summed E-state index contributed by atoms with van der Waals surface area (Å²) in [6.45, 7) is 8.97. The number of aromatic nitrogens is 2. The minimum atomic E-state index is 0.0426. The lowest BCUT2D eigenvalue weighted by Crippen LogP contribution is -2.11. The van der Waals surface area contributed by atoms with Crippen LogP contribution in [-0.4, -0.2) is 9.97 Å². The molecule has 0 amide bonds. The molecule has 5 heteroatoms. The zero-order valence-electron chi connectivity index (χ0n) is 17.2. The number of fused-ring (bicyclic) bond motifs is 6. The lowest BCUT2D eigenvalue weighted by atomic mass is 9.85. The summed E-state index contributed by atoms with van der Waals surface area (Å²) in [5.41, 5.74) is 6.23. The first kappa shape index (κ1) is 18.0. The first-order valence-corrected chi connectivity index (χ1v) is 11.7. The molecule has 4 heterocycles. The van der Waals surface area contributed by atoms with Crippen LogP contribution in [0.1, 0.15) is 31.9 Å². The van der Waals surface area contributed by atoms with Crippen molar-refractivity contribution in [3.05, 3.63) is 58.5 Å². The molecule has 0 saturated carbocycles. The summed E-state index contributed by atoms with van der Waals surface area (Å²) in [4.78, 5) is 9.25. The molecule has 0 aliphatic rings. The predicted octanol–water partition coefficient (Wildman–Crippen LogP) is 8.08. The zero-order valence-corrected chi connectivity index (χ0v) is 18.9. The van der Waals surface area contributed by atoms with Gasteiger partial charge in [0.25, 0.3) is 0 Å². The van der Waals surface area contributed by atoms with Gasteiger partial charge >= 0.3 is 0 Å². The Morgan fingerprint density at radius 3 is 2.63 bits per heavy atom. The van der Waals surface area contributed by atoms with E-state index in [-0.39, 0.29) is 5.41 Å². The number of hydrogen-bond donors (Lipinski definition) is 0. The van der Waals surface area contributed by atoms with E-state index in [4.69, 9.17) is 9.40 Å². The van der Waals surface area contributed by atoms with Crippen molar-refractivity contribution in [2.45, 2.75) is 33.1 Å². The molecule has 148 valence electrons. The maximum atomic E-state index is 6.17. The summed E-state index contributed by atoms with van der Waals surface area (Å²) in [7, 11) is 0. The molecule has 0 saturated heterocycles. The van der Waals surface area contributed by atoms with Crippen molar-refractivity contribution in [3.8, 4) is 11.3 Å². The minimum Gasteiger partial charge on any atom is -0.438 e. The van der Waals surface area contributed by atoms with Crippen LogP contribution in [0.25, 0.3) is 53.5 Å². The Morgan fingerprint density at radius 2 is 1.80 bits per heavy atom. The van der Waals surface area contributed by atoms with Crippen LogP contribution < -0.4 is 0 Å². The Bertz CT molecular complexity index is 1590. The van der Waals surface area contributed by atoms with E-state index in [1.165, 1.54) is 31.3 Å². The Balaban J connectivity index is 1.78. The van der Waals surface area contributed by atoms with Gasteiger partial charge in [0.1, 0.15) is 11.9 Å². The fourth-order valence-electron chi connectivity index (χ4n) is 4.37. The van der Waals surface area contributed by atoms with Crippen LogP contribution >= 0.6 is 22.7 Å². The first-order valence-electron chi connectivity index (χ1n) is 9.98. The van der Waals surface area contributed by atoms with E-state index in [1.807, 2.05) is 11.3 Å². The highest BCUT2D eigenvalue weighted by Gasteiger charge is 2.22. The molecule has 0 bridgehead atoms. The molecule has 2 aromatic carbocycles. The summed E-state index contributed by atoms with van der Waals surface area (Å²) >= 11 is 3.58. The van der Waals surface area contributed by atoms with Gasteiger partial charge in [-0.25, -0.2) is 9.97 Å². The lowest BCUT2D eigenvalue weighted by molar-refractivity contribution is 0.597. The van der Waals surface area contributed by atoms with Gasteiger partial charge in [0, 0.05) is 25.7 Å². The topological polar surface area (TPSA) is 38.9 Å². The quantitative estimate of drug-likeness (QED) is 0.266. The van der Waals surface area contributed by atoms with E-state index in [1.54, 1.807) is 17.7 Å². The van der Waals surface area contributed by atoms with Crippen molar-refractivity contribution in [1.29, 1.82) is 0 Å². The number of benzene rings is 2. The third kappa shape index (κ3) is 2.49. The molecular weight excluding hydrogens is 408 g/mol. The smallest absolute Gasteiger partial charge is 0.231 e. The summed E-state index contributed by atoms with van der Waals surface area (Å²) in [6, 6.07) is 11.0. The van der Waals surface area contributed by atoms with Gasteiger partial charge in [0.15, 0.2) is 0 Å². The number of hydrogen-bond acceptors (Lipinski definition) is 5. The third-order valence-electron chi connectivity index (χ3n) is 5.79. The van der Waals surface area contributed by atoms with Crippen LogP contribution in [0, 0.1) is 6.92 Å². The molecule has 0 aliphatic carbocycles. The van der Waals surface area contributed by atoms with E-state index in [0.717, 1.165) is 27.6 Å². The molecule has 0 radical (unpaired) electrons. The number of nitrogens with zero attached hydrogens (tertiary/aromatic N) is 2. The molecule has 6 rings (SSSR count). The molecule has 0 aliphatic heterocycles. The van der Waals surface area contributed by atoms with Crippen molar-refractivity contribution >= 4 is 64.9 Å². The third-order valence-corrected chi connectivity index (χ3v) is 7.82. The minimum absolute atomic E-state index is 0.0426. The van der Waals surface area contributed by atoms with Gasteiger partial charge in [-0.1, -0.05) is 20.8 Å². The average Bonchev–Trinajstić information content (AvgIpc) is 3.42. The van der Waals surface area contributed by atoms with E-state index < -0.39 is 0 Å². The van der Waals surface area contributed by atoms with Crippen LogP contribution in [-0.2, 0) is 5.41 Å². The molecular formula is C25H20N2OS2. The number of rotatable bonds is 1. The van der Waals surface area contributed by atoms with Crippen molar-refractivity contribution in [3.63, 3.8) is 0 Å². The van der Waals surface area contributed by atoms with Gasteiger partial charge < -0.3 is 4.42 Å². The van der Waals surface area contributed by atoms with Gasteiger partial charge in [0.2, 0.25) is 5.71 Å². The van der Waals surface area contributed by atoms with Crippen LogP contribution in [0.5, 0.6) is 0 Å². The van der Waals surface area contributed by atoms with Crippen molar-refractivity contribution < 1.29 is 4.42 Å². The number of aryl methyl sites for hydroxylation is 1. The Labute approximate surface area is 182 Å². The molecule has 0 unspecified atom stereocenters. The Morgan fingerprint density at radius 1 is 0.933 bits per heavy atom. The standard InChI is InChI=1S/C25H20N2OS2/c1-13-11-30-18-6-5-17-20(19(13)18)21-22(26-12-27-24(21)28-17)15-9-14-7-8-29-23(14)16(10-15)25(2,3)4/h5-12H,1-4H3. The second kappa shape index (κ2) is 6.13. The van der Waals surface area contributed by atoms with E-state index in [9.17, 15) is 0 Å². The lowest BCUT2D eigenvalue weighted by Gasteiger charge is -2.21. The van der Waals surface area contributed by atoms with Gasteiger partial charge in [0.05, 0.1) is 11.1 Å². The second-order valence-electron chi connectivity index (χ2n) is 8.85. The van der Waals surface area contributed by atoms with Crippen LogP contribution in [0.4, 0.5) is 0 Å². The maximum absolute atomic E-state index is 6.17. The number of furan rings is 1. The van der Waals surface area contributed by atoms with E-state index in [2.05, 4.69) is 73.8 Å². The fraction of sp³-hybridized carbons (Fsp3) is 0.200. The van der Waals surface area contributed by atoms with Gasteiger partial charge in [-0.15, -0.1) is 22.7 Å². The van der Waals surface area contributed by atoms with Gasteiger partial charge in [-0.2, -0.15) is 0 Å². The first-order chi connectivity index (χ1) is 14.4. The zero-order chi connectivity index (χ0) is 20.6. The Kier molecular flexibility index (Phi) is 3.68. The molecule has 6 aromatic rings. The molecule has 4 aromatic heterocycles. The molecule has 0 N–H and O–H groups in total. The van der Waals surface area contributed by atoms with Crippen molar-refractivity contribution in [2.24, 2.45) is 0 Å². The summed E-state index contributed by atoms with van der Waals surface area (Å²) < 4.78 is 8.79. The van der Waals surface area contributed by atoms with Crippen LogP contribution in [0.15, 0.2) is 51.8 Å². The SMILES string of the molecule is Cc1csc2ccc3oc4ncnc(-c5cc(C(C)(C)C)c6sccc6c5)c4c3c12. The van der Waals surface area contributed by atoms with Gasteiger partial charge in [-0.05, 0) is 69.9 Å². The van der Waals surface area contributed by atoms with E-state index in [0.29, 0.717) is 5.71 Å². The fourth-order valence-corrected chi connectivity index (χ4v) is 6.42. The molecule has 30 heavy (non-hydrogen) atoms. The Hall–Kier alpha value is -2.76. The summed E-state index contributed by atoms with van der Waals surface area (Å²) in [5, 5.41) is 9.03. The second-order valence-corrected chi connectivity index (χ2v) is 10.7. The maximum Gasteiger partial charge on any atom is 0.231 e. The summed E-state index contributed by atoms with van der Waals surface area (Å²) in [6.07, 6.45) is 1.62. The normalized spacial score (nSPS) is 12.7. The summed E-state index contributed by atoms with van der Waals surface area (Å²) in [5.74, 6) is 0. The average molecular weight is 429 g/mol. The van der Waals surface area contributed by atoms with Crippen molar-refractivity contribution in [2.75, 3.05) is 0 Å². The van der Waals surface area contributed by atoms with Crippen LogP contribution in [0.2, 0.25) is 0 Å². The monoisotopic (exact) mass is 428 g/mol. The molecule has 0 atom stereocenters. The highest BCUT2D eigenvalue weighted by Crippen LogP contribution is 2.43. The number of thiophene rings is 2. The van der Waals surface area contributed by atoms with Crippen LogP contribution in [0.3, 0.4) is 0 Å². The molecule has 0 spiro atoms. The molecule has 3 nitrogen and oxygen atoms in total. The highest BCUT2D eigenvalue weighted by molar-refractivity contribution is 7.17. The van der Waals surface area contributed by atoms with Crippen molar-refractivity contribution in [1.82, 2.24) is 9.97 Å². The largest absolute Gasteiger partial charge is 0.438 e.